The number of benzene rings is 12. The number of fused-ring (bicyclic) bond motifs is 3. The molecule has 1 heterocycles. The smallest absolute Gasteiger partial charge is 0.0618 e. The van der Waals surface area contributed by atoms with E-state index in [0.29, 0.717) is 0 Å². The van der Waals surface area contributed by atoms with Gasteiger partial charge in [-0.2, -0.15) is 0 Å². The normalized spacial score (nSPS) is 12.4. The van der Waals surface area contributed by atoms with Crippen LogP contribution in [0.3, 0.4) is 0 Å². The van der Waals surface area contributed by atoms with Crippen LogP contribution in [0.1, 0.15) is 79.0 Å². The van der Waals surface area contributed by atoms with E-state index in [-0.39, 0.29) is 16.2 Å². The van der Waals surface area contributed by atoms with E-state index < -0.39 is 0 Å². The van der Waals surface area contributed by atoms with Crippen molar-refractivity contribution in [2.24, 2.45) is 0 Å². The van der Waals surface area contributed by atoms with Gasteiger partial charge in [-0.3, -0.25) is 0 Å². The molecule has 0 unspecified atom stereocenters. The molecule has 0 radical (unpaired) electrons. The average Bonchev–Trinajstić information content (AvgIpc) is 3.82. The van der Waals surface area contributed by atoms with E-state index in [9.17, 15) is 0 Å². The Labute approximate surface area is 460 Å². The van der Waals surface area contributed by atoms with Crippen molar-refractivity contribution in [2.45, 2.75) is 78.6 Å². The molecular weight excluding hydrogens is 941 g/mol. The van der Waals surface area contributed by atoms with Gasteiger partial charge in [0.15, 0.2) is 0 Å². The maximum atomic E-state index is 2.61. The van der Waals surface area contributed by atoms with Crippen molar-refractivity contribution in [1.82, 2.24) is 4.57 Å². The molecule has 0 amide bonds. The highest BCUT2D eigenvalue weighted by Gasteiger charge is 2.27. The Morgan fingerprint density at radius 2 is 0.731 bits per heavy atom. The van der Waals surface area contributed by atoms with Crippen LogP contribution in [-0.2, 0) is 16.2 Å². The molecule has 0 saturated heterocycles. The number of para-hydroxylation sites is 3. The first-order valence-electron chi connectivity index (χ1n) is 27.7. The maximum absolute atomic E-state index is 2.61. The number of nitrogens with zero attached hydrogens (tertiary/aromatic N) is 2. The summed E-state index contributed by atoms with van der Waals surface area (Å²) in [5.41, 5.74) is 20.2. The van der Waals surface area contributed by atoms with E-state index in [0.717, 1.165) is 44.9 Å². The summed E-state index contributed by atoms with van der Waals surface area (Å²) in [7, 11) is 0. The summed E-state index contributed by atoms with van der Waals surface area (Å²) < 4.78 is 2.48. The van der Waals surface area contributed by atoms with Gasteiger partial charge in [0.1, 0.15) is 0 Å². The molecule has 2 nitrogen and oxygen atoms in total. The fourth-order valence-corrected chi connectivity index (χ4v) is 12.1. The van der Waals surface area contributed by atoms with Crippen LogP contribution in [0.2, 0.25) is 0 Å². The number of rotatable bonds is 8. The highest BCUT2D eigenvalue weighted by Crippen LogP contribution is 2.52. The molecular formula is C76H66N2. The number of anilines is 3. The Hall–Kier alpha value is -8.72. The molecule has 0 spiro atoms. The van der Waals surface area contributed by atoms with Crippen molar-refractivity contribution < 1.29 is 0 Å². The van der Waals surface area contributed by atoms with Gasteiger partial charge in [0.2, 0.25) is 0 Å². The highest BCUT2D eigenvalue weighted by molar-refractivity contribution is 6.28. The van der Waals surface area contributed by atoms with Crippen LogP contribution in [0, 0.1) is 0 Å². The van der Waals surface area contributed by atoms with Crippen LogP contribution in [0.5, 0.6) is 0 Å². The Morgan fingerprint density at radius 1 is 0.308 bits per heavy atom. The van der Waals surface area contributed by atoms with Gasteiger partial charge in [0, 0.05) is 38.4 Å². The lowest BCUT2D eigenvalue weighted by Gasteiger charge is -2.33. The highest BCUT2D eigenvalue weighted by atomic mass is 15.1. The topological polar surface area (TPSA) is 8.17 Å². The molecule has 13 aromatic rings. The second-order valence-corrected chi connectivity index (χ2v) is 24.6. The monoisotopic (exact) mass is 1010 g/mol. The lowest BCUT2D eigenvalue weighted by atomic mass is 9.85. The molecule has 0 aliphatic heterocycles. The van der Waals surface area contributed by atoms with Crippen LogP contribution >= 0.6 is 0 Å². The molecule has 0 saturated carbocycles. The van der Waals surface area contributed by atoms with E-state index in [2.05, 4.69) is 308 Å². The standard InChI is InChI=1S/C76H66N2/c1-74(2,3)57-36-26-49(27-37-57)55-46-56(50-28-38-58(39-29-50)75(4,5)6)48-60(47-55)77(73-61(51-18-11-10-12-19-51)22-17-23-62(73)52-30-40-59(41-31-52)76(7,8)9)69-44-34-53-33-43-66-70(45-35-54-32-42-65(69)71(53)72(54)66)78-67-24-15-13-20-63(67)64-21-14-16-25-68(64)78/h10-48H,1-9H3. The van der Waals surface area contributed by atoms with Crippen LogP contribution < -0.4 is 4.90 Å². The molecule has 0 fully saturated rings. The van der Waals surface area contributed by atoms with Crippen LogP contribution in [0.4, 0.5) is 17.1 Å². The molecule has 0 aliphatic carbocycles. The van der Waals surface area contributed by atoms with Gasteiger partial charge in [0.05, 0.1) is 28.1 Å². The van der Waals surface area contributed by atoms with Gasteiger partial charge in [-0.05, 0) is 130 Å². The number of hydrogen-bond donors (Lipinski definition) is 0. The Kier molecular flexibility index (Phi) is 11.6. The zero-order valence-electron chi connectivity index (χ0n) is 46.4. The SMILES string of the molecule is CC(C)(C)c1ccc(-c2cc(-c3ccc(C(C)(C)C)cc3)cc(N(c3c(-c4ccccc4)cccc3-c3ccc(C(C)(C)C)cc3)c3ccc4ccc5c(-n6c7ccccc7c7ccccc76)ccc6ccc3c4c65)c2)cc1. The predicted molar refractivity (Wildman–Crippen MR) is 337 cm³/mol. The Morgan fingerprint density at radius 3 is 1.24 bits per heavy atom. The van der Waals surface area contributed by atoms with Crippen molar-refractivity contribution in [3.8, 4) is 50.2 Å². The molecule has 12 aromatic carbocycles. The molecule has 1 aromatic heterocycles. The third-order valence-corrected chi connectivity index (χ3v) is 16.4. The van der Waals surface area contributed by atoms with Gasteiger partial charge in [-0.15, -0.1) is 0 Å². The second kappa shape index (κ2) is 18.5. The first-order chi connectivity index (χ1) is 37.6. The third kappa shape index (κ3) is 8.43. The minimum absolute atomic E-state index is 0.00935. The Bertz CT molecular complexity index is 4250. The molecule has 0 bridgehead atoms. The first-order valence-corrected chi connectivity index (χ1v) is 27.7. The molecule has 13 rings (SSSR count). The predicted octanol–water partition coefficient (Wildman–Crippen LogP) is 21.7. The van der Waals surface area contributed by atoms with Crippen molar-refractivity contribution in [3.05, 3.63) is 253 Å². The molecule has 2 heteroatoms. The molecule has 0 atom stereocenters. The number of hydrogen-bond acceptors (Lipinski definition) is 1. The van der Waals surface area contributed by atoms with E-state index in [1.54, 1.807) is 0 Å². The van der Waals surface area contributed by atoms with E-state index in [1.165, 1.54) is 93.2 Å². The zero-order chi connectivity index (χ0) is 53.7. The lowest BCUT2D eigenvalue weighted by molar-refractivity contribution is 0.590. The van der Waals surface area contributed by atoms with Crippen LogP contribution in [0.15, 0.2) is 237 Å². The van der Waals surface area contributed by atoms with E-state index >= 15 is 0 Å². The summed E-state index contributed by atoms with van der Waals surface area (Å²) in [6.45, 7) is 20.6. The first kappa shape index (κ1) is 48.9. The van der Waals surface area contributed by atoms with Gasteiger partial charge < -0.3 is 9.47 Å². The third-order valence-electron chi connectivity index (χ3n) is 16.4. The van der Waals surface area contributed by atoms with Gasteiger partial charge in [-0.1, -0.05) is 256 Å². The lowest BCUT2D eigenvalue weighted by Crippen LogP contribution is -2.14. The maximum Gasteiger partial charge on any atom is 0.0618 e. The minimum Gasteiger partial charge on any atom is -0.309 e. The summed E-state index contributed by atoms with van der Waals surface area (Å²) >= 11 is 0. The fraction of sp³-hybridized carbons (Fsp3) is 0.158. The van der Waals surface area contributed by atoms with Crippen molar-refractivity contribution in [1.29, 1.82) is 0 Å². The second-order valence-electron chi connectivity index (χ2n) is 24.6. The molecule has 0 aliphatic rings. The molecule has 0 N–H and O–H groups in total. The van der Waals surface area contributed by atoms with Crippen molar-refractivity contribution in [2.75, 3.05) is 4.90 Å². The Balaban J connectivity index is 1.14. The zero-order valence-corrected chi connectivity index (χ0v) is 46.4. The van der Waals surface area contributed by atoms with Crippen LogP contribution in [0.25, 0.3) is 104 Å². The van der Waals surface area contributed by atoms with Crippen molar-refractivity contribution >= 4 is 71.2 Å². The summed E-state index contributed by atoms with van der Waals surface area (Å²) in [5, 5.41) is 9.91. The van der Waals surface area contributed by atoms with Crippen LogP contribution in [-0.4, -0.2) is 4.57 Å². The summed E-state index contributed by atoms with van der Waals surface area (Å²) in [5.74, 6) is 0. The largest absolute Gasteiger partial charge is 0.309 e. The van der Waals surface area contributed by atoms with E-state index in [1.807, 2.05) is 0 Å². The van der Waals surface area contributed by atoms with E-state index in [4.69, 9.17) is 0 Å². The summed E-state index contributed by atoms with van der Waals surface area (Å²) in [6, 6.07) is 89.5. The number of aromatic nitrogens is 1. The molecule has 380 valence electrons. The average molecular weight is 1010 g/mol. The summed E-state index contributed by atoms with van der Waals surface area (Å²) in [6.07, 6.45) is 0. The van der Waals surface area contributed by atoms with Gasteiger partial charge >= 0.3 is 0 Å². The van der Waals surface area contributed by atoms with Gasteiger partial charge in [0.25, 0.3) is 0 Å². The quantitative estimate of drug-likeness (QED) is 0.138. The summed E-state index contributed by atoms with van der Waals surface area (Å²) in [4.78, 5) is 2.61. The van der Waals surface area contributed by atoms with Crippen molar-refractivity contribution in [3.63, 3.8) is 0 Å². The fourth-order valence-electron chi connectivity index (χ4n) is 12.1. The van der Waals surface area contributed by atoms with Gasteiger partial charge in [-0.25, -0.2) is 0 Å². The molecule has 78 heavy (non-hydrogen) atoms. The minimum atomic E-state index is 0.00935.